The summed E-state index contributed by atoms with van der Waals surface area (Å²) < 4.78 is 50.1. The summed E-state index contributed by atoms with van der Waals surface area (Å²) in [5.41, 5.74) is 0.765. The standard InChI is InChI=1S/C42H67NO10/c1-10-27-13-12-14-35(53-37-18-17-34(43(6)7)24(4)49-37)23(3)38(45)33-21-31-29(32(33)22-36(44)51-27)16-15-26-19-28(20-30(26)31)52-42-41(47-9)40(48-11-2)39(46-8)25(5)50-42/h15-16,21,23-32,34-35,37,39-42H,10-14,17-20,22H2,1-9H3/t23-,24-,25+,26-,27+,28-,29-,30-,31-,32+,34+,35+,37+,39+,40-,41-,42+/m1/s1. The molecule has 6 aliphatic rings. The van der Waals surface area contributed by atoms with Crippen molar-refractivity contribution in [3.63, 3.8) is 0 Å². The van der Waals surface area contributed by atoms with E-state index in [1.165, 1.54) is 0 Å². The molecule has 0 unspecified atom stereocenters. The van der Waals surface area contributed by atoms with E-state index in [0.29, 0.717) is 25.0 Å². The molecule has 11 nitrogen and oxygen atoms in total. The van der Waals surface area contributed by atoms with E-state index in [4.69, 9.17) is 37.9 Å². The Morgan fingerprint density at radius 1 is 0.849 bits per heavy atom. The van der Waals surface area contributed by atoms with Crippen molar-refractivity contribution in [3.8, 4) is 0 Å². The van der Waals surface area contributed by atoms with Gasteiger partial charge >= 0.3 is 5.97 Å². The third kappa shape index (κ3) is 8.83. The van der Waals surface area contributed by atoms with Crippen molar-refractivity contribution in [1.82, 2.24) is 4.90 Å². The van der Waals surface area contributed by atoms with E-state index >= 15 is 0 Å². The molecule has 53 heavy (non-hydrogen) atoms. The molecule has 0 aromatic carbocycles. The monoisotopic (exact) mass is 745 g/mol. The first kappa shape index (κ1) is 40.9. The van der Waals surface area contributed by atoms with Gasteiger partial charge in [-0.2, -0.15) is 0 Å². The number of nitrogens with zero attached hydrogens (tertiary/aromatic N) is 1. The zero-order chi connectivity index (χ0) is 38.0. The molecular weight excluding hydrogens is 678 g/mol. The molecule has 0 bridgehead atoms. The summed E-state index contributed by atoms with van der Waals surface area (Å²) in [5.74, 6) is 0.0193. The summed E-state index contributed by atoms with van der Waals surface area (Å²) in [6.45, 7) is 10.7. The fourth-order valence-electron chi connectivity index (χ4n) is 10.5. The lowest BCUT2D eigenvalue weighted by Gasteiger charge is -2.44. The minimum absolute atomic E-state index is 0.0377. The highest BCUT2D eigenvalue weighted by atomic mass is 16.7. The fourth-order valence-corrected chi connectivity index (χ4v) is 10.5. The highest BCUT2D eigenvalue weighted by Crippen LogP contribution is 2.54. The molecule has 3 aliphatic heterocycles. The largest absolute Gasteiger partial charge is 0.462 e. The van der Waals surface area contributed by atoms with E-state index in [1.807, 2.05) is 20.8 Å². The average molecular weight is 746 g/mol. The van der Waals surface area contributed by atoms with E-state index in [0.717, 1.165) is 50.5 Å². The lowest BCUT2D eigenvalue weighted by Crippen LogP contribution is -2.60. The van der Waals surface area contributed by atoms with E-state index in [1.54, 1.807) is 14.2 Å². The summed E-state index contributed by atoms with van der Waals surface area (Å²) in [5, 5.41) is 0. The average Bonchev–Trinajstić information content (AvgIpc) is 3.70. The molecule has 0 amide bonds. The van der Waals surface area contributed by atoms with Gasteiger partial charge in [0.15, 0.2) is 18.4 Å². The number of allylic oxidation sites excluding steroid dienone is 4. The maximum atomic E-state index is 14.7. The van der Waals surface area contributed by atoms with Crippen LogP contribution in [0.2, 0.25) is 0 Å². The predicted molar refractivity (Wildman–Crippen MR) is 199 cm³/mol. The SMILES string of the molecule is CCO[C@@H]1[C@@H](OC)[C@H](C)O[C@@H](O[C@H]2C[C@H]3[C@@H]4C=C5C(=O)[C@H](C)[C@@H](O[C@H]6CC[C@H](N(C)C)[C@@H](C)O6)CCC[C@H](CC)OC(=O)C[C@H]5[C@@H]4C=C[C@@H]3C2)[C@@H]1OC. The molecule has 1 saturated carbocycles. The van der Waals surface area contributed by atoms with Crippen LogP contribution in [-0.2, 0) is 47.5 Å². The zero-order valence-electron chi connectivity index (χ0n) is 33.6. The Balaban J connectivity index is 1.20. The van der Waals surface area contributed by atoms with E-state index in [2.05, 4.69) is 51.1 Å². The fraction of sp³-hybridized carbons (Fsp3) is 0.857. The Kier molecular flexibility index (Phi) is 13.9. The number of methoxy groups -OCH3 is 2. The van der Waals surface area contributed by atoms with Gasteiger partial charge in [0.25, 0.3) is 0 Å². The molecule has 0 radical (unpaired) electrons. The first-order valence-corrected chi connectivity index (χ1v) is 20.6. The second kappa shape index (κ2) is 18.0. The van der Waals surface area contributed by atoms with Gasteiger partial charge in [-0.25, -0.2) is 0 Å². The van der Waals surface area contributed by atoms with Crippen molar-refractivity contribution in [3.05, 3.63) is 23.8 Å². The van der Waals surface area contributed by atoms with Crippen LogP contribution < -0.4 is 0 Å². The summed E-state index contributed by atoms with van der Waals surface area (Å²) in [6.07, 6.45) is 10.9. The second-order valence-corrected chi connectivity index (χ2v) is 16.7. The minimum Gasteiger partial charge on any atom is -0.462 e. The first-order valence-electron chi connectivity index (χ1n) is 20.6. The molecule has 0 spiro atoms. The van der Waals surface area contributed by atoms with Gasteiger partial charge in [-0.15, -0.1) is 0 Å². The zero-order valence-corrected chi connectivity index (χ0v) is 33.6. The number of carbonyl (C=O) groups is 2. The number of cyclic esters (lactones) is 1. The van der Waals surface area contributed by atoms with Gasteiger partial charge in [0.05, 0.1) is 30.8 Å². The number of likely N-dealkylation sites (N-methyl/N-ethyl adjacent to an activating group) is 1. The number of ether oxygens (including phenoxy) is 8. The molecule has 6 rings (SSSR count). The summed E-state index contributed by atoms with van der Waals surface area (Å²) in [6, 6.07) is 0.339. The van der Waals surface area contributed by atoms with Gasteiger partial charge in [0.2, 0.25) is 0 Å². The van der Waals surface area contributed by atoms with Crippen LogP contribution in [0.25, 0.3) is 0 Å². The number of ketones is 1. The van der Waals surface area contributed by atoms with Crippen molar-refractivity contribution >= 4 is 11.8 Å². The van der Waals surface area contributed by atoms with E-state index in [-0.39, 0.29) is 96.8 Å². The summed E-state index contributed by atoms with van der Waals surface area (Å²) >= 11 is 0. The number of fused-ring (bicyclic) bond motifs is 5. The van der Waals surface area contributed by atoms with Crippen LogP contribution in [0.5, 0.6) is 0 Å². The number of hydrogen-bond donors (Lipinski definition) is 0. The molecule has 3 saturated heterocycles. The van der Waals surface area contributed by atoms with Gasteiger partial charge < -0.3 is 42.8 Å². The van der Waals surface area contributed by atoms with E-state index in [9.17, 15) is 9.59 Å². The van der Waals surface area contributed by atoms with E-state index < -0.39 is 12.4 Å². The molecule has 4 fully saturated rings. The van der Waals surface area contributed by atoms with Crippen molar-refractivity contribution in [1.29, 1.82) is 0 Å². The third-order valence-corrected chi connectivity index (χ3v) is 13.3. The number of rotatable bonds is 10. The normalized spacial score (nSPS) is 45.1. The molecule has 0 aromatic rings. The Hall–Kier alpha value is -1.70. The highest BCUT2D eigenvalue weighted by molar-refractivity contribution is 5.99. The molecule has 3 aliphatic carbocycles. The lowest BCUT2D eigenvalue weighted by atomic mass is 9.70. The lowest BCUT2D eigenvalue weighted by molar-refractivity contribution is -0.317. The molecule has 300 valence electrons. The molecule has 11 heteroatoms. The number of esters is 1. The Labute approximate surface area is 317 Å². The number of carbonyl (C=O) groups excluding carboxylic acids is 2. The molecule has 3 heterocycles. The Morgan fingerprint density at radius 3 is 2.30 bits per heavy atom. The maximum Gasteiger partial charge on any atom is 0.306 e. The molecule has 17 atom stereocenters. The van der Waals surface area contributed by atoms with Crippen LogP contribution in [0.1, 0.15) is 92.4 Å². The number of hydrogen-bond acceptors (Lipinski definition) is 11. The second-order valence-electron chi connectivity index (χ2n) is 16.7. The van der Waals surface area contributed by atoms with Crippen LogP contribution >= 0.6 is 0 Å². The van der Waals surface area contributed by atoms with Gasteiger partial charge in [-0.1, -0.05) is 32.1 Å². The van der Waals surface area contributed by atoms with Crippen LogP contribution in [0.3, 0.4) is 0 Å². The van der Waals surface area contributed by atoms with Gasteiger partial charge in [-0.05, 0) is 115 Å². The topological polar surface area (TPSA) is 111 Å². The van der Waals surface area contributed by atoms with Crippen molar-refractivity contribution in [2.24, 2.45) is 35.5 Å². The van der Waals surface area contributed by atoms with Gasteiger partial charge in [0, 0.05) is 38.7 Å². The molecular formula is C42H67NO10. The predicted octanol–water partition coefficient (Wildman–Crippen LogP) is 5.88. The Morgan fingerprint density at radius 2 is 1.62 bits per heavy atom. The van der Waals surface area contributed by atoms with Crippen molar-refractivity contribution < 1.29 is 47.5 Å². The van der Waals surface area contributed by atoms with Crippen LogP contribution in [0, 0.1) is 35.5 Å². The summed E-state index contributed by atoms with van der Waals surface area (Å²) in [4.78, 5) is 30.4. The quantitative estimate of drug-likeness (QED) is 0.198. The van der Waals surface area contributed by atoms with Crippen LogP contribution in [0.15, 0.2) is 23.8 Å². The van der Waals surface area contributed by atoms with Crippen LogP contribution in [-0.4, -0.2) is 119 Å². The maximum absolute atomic E-state index is 14.7. The highest BCUT2D eigenvalue weighted by Gasteiger charge is 2.53. The third-order valence-electron chi connectivity index (χ3n) is 13.3. The van der Waals surface area contributed by atoms with Crippen LogP contribution in [0.4, 0.5) is 0 Å². The number of Topliss-reactive ketones (excluding diaryl/α,β-unsaturated/α-hetero) is 1. The minimum atomic E-state index is -0.592. The Bertz CT molecular complexity index is 1300. The molecule has 0 N–H and O–H groups in total. The summed E-state index contributed by atoms with van der Waals surface area (Å²) in [7, 11) is 7.52. The van der Waals surface area contributed by atoms with Crippen molar-refractivity contribution in [2.45, 2.75) is 160 Å². The molecule has 0 aromatic heterocycles. The first-order chi connectivity index (χ1) is 25.5. The van der Waals surface area contributed by atoms with Gasteiger partial charge in [-0.3, -0.25) is 9.59 Å². The van der Waals surface area contributed by atoms with Gasteiger partial charge in [0.1, 0.15) is 24.4 Å². The smallest absolute Gasteiger partial charge is 0.306 e. The van der Waals surface area contributed by atoms with Crippen molar-refractivity contribution in [2.75, 3.05) is 34.9 Å².